The highest BCUT2D eigenvalue weighted by Crippen LogP contribution is 2.15. The predicted octanol–water partition coefficient (Wildman–Crippen LogP) is 2.36. The summed E-state index contributed by atoms with van der Waals surface area (Å²) in [5.41, 5.74) is 1.00. The van der Waals surface area contributed by atoms with E-state index in [1.54, 1.807) is 23.7 Å². The molecule has 2 aromatic rings. The number of hydrogen-bond donors (Lipinski definition) is 0. The van der Waals surface area contributed by atoms with Gasteiger partial charge in [-0.1, -0.05) is 17.7 Å². The molecule has 0 unspecified atom stereocenters. The Morgan fingerprint density at radius 3 is 2.59 bits per heavy atom. The van der Waals surface area contributed by atoms with E-state index < -0.39 is 10.1 Å². The third-order valence-corrected chi connectivity index (χ3v) is 4.16. The Morgan fingerprint density at radius 1 is 1.29 bits per heavy atom. The summed E-state index contributed by atoms with van der Waals surface area (Å²) in [4.78, 5) is 4.12. The summed E-state index contributed by atoms with van der Waals surface area (Å²) in [5.74, 6) is 0. The zero-order valence-corrected chi connectivity index (χ0v) is 10.8. The van der Waals surface area contributed by atoms with E-state index in [4.69, 9.17) is 4.18 Å². The van der Waals surface area contributed by atoms with Crippen LogP contribution in [0.2, 0.25) is 0 Å². The van der Waals surface area contributed by atoms with Crippen LogP contribution in [0.3, 0.4) is 0 Å². The Balaban J connectivity index is 2.11. The highest BCUT2D eigenvalue weighted by atomic mass is 32.2. The number of nitrogens with zero attached hydrogens (tertiary/aromatic N) is 1. The summed E-state index contributed by atoms with van der Waals surface area (Å²) in [5, 5.41) is 2.41. The minimum Gasteiger partial charge on any atom is -0.259 e. The monoisotopic (exact) mass is 269 g/mol. The fourth-order valence-corrected chi connectivity index (χ4v) is 2.70. The van der Waals surface area contributed by atoms with Gasteiger partial charge in [-0.05, 0) is 19.1 Å². The first-order valence-corrected chi connectivity index (χ1v) is 7.21. The molecule has 0 spiro atoms. The van der Waals surface area contributed by atoms with Crippen molar-refractivity contribution in [2.24, 2.45) is 0 Å². The first-order chi connectivity index (χ1) is 8.08. The lowest BCUT2D eigenvalue weighted by Crippen LogP contribution is -2.06. The van der Waals surface area contributed by atoms with E-state index in [2.05, 4.69) is 4.98 Å². The molecule has 17 heavy (non-hydrogen) atoms. The maximum Gasteiger partial charge on any atom is 0.297 e. The van der Waals surface area contributed by atoms with Crippen LogP contribution in [0.5, 0.6) is 0 Å². The summed E-state index contributed by atoms with van der Waals surface area (Å²) in [6.07, 6.45) is 1.61. The molecule has 90 valence electrons. The van der Waals surface area contributed by atoms with E-state index >= 15 is 0 Å². The van der Waals surface area contributed by atoms with Crippen molar-refractivity contribution in [2.45, 2.75) is 18.4 Å². The van der Waals surface area contributed by atoms with Gasteiger partial charge in [0.15, 0.2) is 0 Å². The van der Waals surface area contributed by atoms with Crippen LogP contribution >= 0.6 is 11.3 Å². The van der Waals surface area contributed by atoms with Crippen molar-refractivity contribution in [1.29, 1.82) is 0 Å². The molecule has 2 rings (SSSR count). The maximum atomic E-state index is 11.8. The van der Waals surface area contributed by atoms with Crippen LogP contribution in [0.1, 0.15) is 10.6 Å². The second-order valence-electron chi connectivity index (χ2n) is 3.46. The summed E-state index contributed by atoms with van der Waals surface area (Å²) in [6.45, 7) is 1.88. The van der Waals surface area contributed by atoms with Crippen LogP contribution < -0.4 is 0 Å². The fourth-order valence-electron chi connectivity index (χ4n) is 1.23. The predicted molar refractivity (Wildman–Crippen MR) is 65.3 cm³/mol. The van der Waals surface area contributed by atoms with Gasteiger partial charge in [0, 0.05) is 11.6 Å². The average Bonchev–Trinajstić information content (AvgIpc) is 2.80. The van der Waals surface area contributed by atoms with Gasteiger partial charge < -0.3 is 0 Å². The van der Waals surface area contributed by atoms with Crippen LogP contribution in [0.25, 0.3) is 0 Å². The van der Waals surface area contributed by atoms with Gasteiger partial charge in [0.2, 0.25) is 0 Å². The van der Waals surface area contributed by atoms with E-state index in [-0.39, 0.29) is 11.5 Å². The molecule has 0 amide bonds. The van der Waals surface area contributed by atoms with E-state index in [0.717, 1.165) is 5.56 Å². The van der Waals surface area contributed by atoms with E-state index in [1.165, 1.54) is 23.5 Å². The van der Waals surface area contributed by atoms with Gasteiger partial charge in [0.1, 0.15) is 11.6 Å². The van der Waals surface area contributed by atoms with Crippen molar-refractivity contribution in [2.75, 3.05) is 0 Å². The Kier molecular flexibility index (Phi) is 3.56. The maximum absolute atomic E-state index is 11.8. The first-order valence-electron chi connectivity index (χ1n) is 4.92. The lowest BCUT2D eigenvalue weighted by Gasteiger charge is -2.04. The molecule has 4 nitrogen and oxygen atoms in total. The molecule has 1 aromatic heterocycles. The third-order valence-electron chi connectivity index (χ3n) is 2.13. The minimum absolute atomic E-state index is 0.0200. The molecule has 0 saturated heterocycles. The summed E-state index contributed by atoms with van der Waals surface area (Å²) in [6, 6.07) is 6.54. The molecule has 0 bridgehead atoms. The van der Waals surface area contributed by atoms with Crippen molar-refractivity contribution in [3.05, 3.63) is 46.4 Å². The van der Waals surface area contributed by atoms with Crippen LogP contribution in [0.4, 0.5) is 0 Å². The molecule has 0 fully saturated rings. The van der Waals surface area contributed by atoms with Gasteiger partial charge in [-0.25, -0.2) is 4.98 Å². The van der Waals surface area contributed by atoms with Gasteiger partial charge in [-0.3, -0.25) is 4.18 Å². The Morgan fingerprint density at radius 2 is 2.00 bits per heavy atom. The second kappa shape index (κ2) is 4.95. The molecule has 0 aliphatic heterocycles. The number of hydrogen-bond acceptors (Lipinski definition) is 5. The molecule has 1 heterocycles. The van der Waals surface area contributed by atoms with Crippen LogP contribution in [-0.4, -0.2) is 13.4 Å². The van der Waals surface area contributed by atoms with Crippen molar-refractivity contribution in [3.8, 4) is 0 Å². The molecular weight excluding hydrogens is 258 g/mol. The standard InChI is InChI=1S/C11H11NO3S2/c1-9-2-4-10(5-3-9)17(13,14)15-8-11-12-6-7-16-11/h2-7H,8H2,1H3. The van der Waals surface area contributed by atoms with Crippen molar-refractivity contribution >= 4 is 21.5 Å². The fraction of sp³-hybridized carbons (Fsp3) is 0.182. The normalized spacial score (nSPS) is 11.6. The summed E-state index contributed by atoms with van der Waals surface area (Å²) in [7, 11) is -3.69. The van der Waals surface area contributed by atoms with Crippen molar-refractivity contribution < 1.29 is 12.6 Å². The summed E-state index contributed by atoms with van der Waals surface area (Å²) < 4.78 is 28.5. The topological polar surface area (TPSA) is 56.3 Å². The van der Waals surface area contributed by atoms with Gasteiger partial charge in [0.05, 0.1) is 4.90 Å². The Bertz CT molecular complexity index is 574. The third kappa shape index (κ3) is 3.12. The van der Waals surface area contributed by atoms with Crippen molar-refractivity contribution in [3.63, 3.8) is 0 Å². The molecule has 0 radical (unpaired) electrons. The van der Waals surface area contributed by atoms with E-state index in [0.29, 0.717) is 5.01 Å². The Hall–Kier alpha value is -1.24. The molecule has 0 aliphatic rings. The highest BCUT2D eigenvalue weighted by molar-refractivity contribution is 7.86. The highest BCUT2D eigenvalue weighted by Gasteiger charge is 2.15. The van der Waals surface area contributed by atoms with E-state index in [1.807, 2.05) is 6.92 Å². The van der Waals surface area contributed by atoms with Crippen LogP contribution in [0, 0.1) is 6.92 Å². The van der Waals surface area contributed by atoms with Crippen molar-refractivity contribution in [1.82, 2.24) is 4.98 Å². The number of thiazole rings is 1. The molecule has 0 saturated carbocycles. The number of benzene rings is 1. The molecule has 6 heteroatoms. The molecule has 1 aromatic carbocycles. The zero-order chi connectivity index (χ0) is 12.3. The van der Waals surface area contributed by atoms with Gasteiger partial charge >= 0.3 is 0 Å². The van der Waals surface area contributed by atoms with Crippen LogP contribution in [-0.2, 0) is 20.9 Å². The molecule has 0 N–H and O–H groups in total. The quantitative estimate of drug-likeness (QED) is 0.799. The smallest absolute Gasteiger partial charge is 0.259 e. The second-order valence-corrected chi connectivity index (χ2v) is 6.05. The van der Waals surface area contributed by atoms with Gasteiger partial charge in [-0.2, -0.15) is 8.42 Å². The number of aromatic nitrogens is 1. The first kappa shape index (κ1) is 12.2. The zero-order valence-electron chi connectivity index (χ0n) is 9.16. The minimum atomic E-state index is -3.69. The number of rotatable bonds is 4. The molecule has 0 atom stereocenters. The largest absolute Gasteiger partial charge is 0.297 e. The molecular formula is C11H11NO3S2. The lowest BCUT2D eigenvalue weighted by molar-refractivity contribution is 0.307. The van der Waals surface area contributed by atoms with E-state index in [9.17, 15) is 8.42 Å². The van der Waals surface area contributed by atoms with Crippen LogP contribution in [0.15, 0.2) is 40.7 Å². The van der Waals surface area contributed by atoms with Gasteiger partial charge in [0.25, 0.3) is 10.1 Å². The van der Waals surface area contributed by atoms with Gasteiger partial charge in [-0.15, -0.1) is 11.3 Å². The summed E-state index contributed by atoms with van der Waals surface area (Å²) >= 11 is 1.36. The Labute approximate surface area is 104 Å². The SMILES string of the molecule is Cc1ccc(S(=O)(=O)OCc2nccs2)cc1. The lowest BCUT2D eigenvalue weighted by atomic mass is 10.2. The molecule has 0 aliphatic carbocycles. The average molecular weight is 269 g/mol. The number of aryl methyl sites for hydroxylation is 1.